The van der Waals surface area contributed by atoms with Gasteiger partial charge in [-0.1, -0.05) is 0 Å². The van der Waals surface area contributed by atoms with Gasteiger partial charge < -0.3 is 10.4 Å². The Kier molecular flexibility index (Phi) is 2.72. The molecule has 5 rings (SSSR count). The van der Waals surface area contributed by atoms with Crippen molar-refractivity contribution in [3.05, 3.63) is 24.0 Å². The van der Waals surface area contributed by atoms with Crippen molar-refractivity contribution in [2.75, 3.05) is 5.32 Å². The lowest BCUT2D eigenvalue weighted by Gasteiger charge is -2.54. The Labute approximate surface area is 118 Å². The van der Waals surface area contributed by atoms with Gasteiger partial charge in [-0.2, -0.15) is 0 Å². The van der Waals surface area contributed by atoms with Crippen LogP contribution in [0.2, 0.25) is 0 Å². The fourth-order valence-corrected chi connectivity index (χ4v) is 4.99. The van der Waals surface area contributed by atoms with Gasteiger partial charge in [-0.15, -0.1) is 0 Å². The molecule has 4 nitrogen and oxygen atoms in total. The number of nitrogens with one attached hydrogen (secondary N) is 1. The number of anilines is 1. The van der Waals surface area contributed by atoms with Gasteiger partial charge in [-0.05, 0) is 67.9 Å². The Hall–Kier alpha value is -1.58. The highest BCUT2D eigenvalue weighted by atomic mass is 16.4. The highest BCUT2D eigenvalue weighted by Gasteiger charge is 2.48. The van der Waals surface area contributed by atoms with Crippen molar-refractivity contribution in [1.29, 1.82) is 0 Å². The molecule has 1 heterocycles. The summed E-state index contributed by atoms with van der Waals surface area (Å²) in [6.45, 7) is 0. The third-order valence-electron chi connectivity index (χ3n) is 5.54. The molecule has 1 aromatic rings. The first-order chi connectivity index (χ1) is 9.69. The molecular formula is C16H20N2O2. The van der Waals surface area contributed by atoms with Crippen LogP contribution in [0, 0.1) is 23.7 Å². The quantitative estimate of drug-likeness (QED) is 0.888. The number of nitrogens with zero attached hydrogens (tertiary/aromatic N) is 1. The number of carbonyl (C=O) groups is 1. The van der Waals surface area contributed by atoms with Crippen molar-refractivity contribution < 1.29 is 9.90 Å². The predicted octanol–water partition coefficient (Wildman–Crippen LogP) is 3.02. The number of hydrogen-bond donors (Lipinski definition) is 2. The fraction of sp³-hybridized carbons (Fsp3) is 0.625. The van der Waals surface area contributed by atoms with E-state index in [1.165, 1.54) is 32.1 Å². The summed E-state index contributed by atoms with van der Waals surface area (Å²) in [6.07, 6.45) is 8.49. The van der Waals surface area contributed by atoms with Crippen LogP contribution in [-0.2, 0) is 0 Å². The third kappa shape index (κ3) is 1.98. The van der Waals surface area contributed by atoms with Gasteiger partial charge in [0.1, 0.15) is 5.69 Å². The van der Waals surface area contributed by atoms with E-state index in [1.54, 1.807) is 12.3 Å². The van der Waals surface area contributed by atoms with Crippen LogP contribution in [0.1, 0.15) is 42.6 Å². The molecule has 0 saturated heterocycles. The SMILES string of the molecule is O=C(O)c1cc(NC2C3CC4CC(C3)CC2C4)ccn1. The first-order valence-electron chi connectivity index (χ1n) is 7.65. The third-order valence-corrected chi connectivity index (χ3v) is 5.54. The molecule has 4 fully saturated rings. The molecule has 0 unspecified atom stereocenters. The van der Waals surface area contributed by atoms with Gasteiger partial charge in [-0.25, -0.2) is 9.78 Å². The van der Waals surface area contributed by atoms with Crippen LogP contribution in [0.5, 0.6) is 0 Å². The number of carboxylic acid groups (broad SMARTS) is 1. The molecule has 0 aromatic carbocycles. The van der Waals surface area contributed by atoms with Crippen molar-refractivity contribution in [3.8, 4) is 0 Å². The number of hydrogen-bond acceptors (Lipinski definition) is 3. The van der Waals surface area contributed by atoms with E-state index in [-0.39, 0.29) is 5.69 Å². The maximum absolute atomic E-state index is 11.0. The Bertz CT molecular complexity index is 515. The summed E-state index contributed by atoms with van der Waals surface area (Å²) in [4.78, 5) is 14.9. The van der Waals surface area contributed by atoms with Crippen LogP contribution >= 0.6 is 0 Å². The normalized spacial score (nSPS) is 37.9. The van der Waals surface area contributed by atoms with Gasteiger partial charge >= 0.3 is 5.97 Å². The average Bonchev–Trinajstić information content (AvgIpc) is 2.42. The second-order valence-electron chi connectivity index (χ2n) is 6.84. The van der Waals surface area contributed by atoms with E-state index in [2.05, 4.69) is 10.3 Å². The summed E-state index contributed by atoms with van der Waals surface area (Å²) in [5.74, 6) is 2.53. The summed E-state index contributed by atoms with van der Waals surface area (Å²) in [5.41, 5.74) is 1.04. The molecule has 4 aliphatic carbocycles. The standard InChI is InChI=1S/C16H20N2O2/c19-16(20)14-8-13(1-2-17-14)18-15-11-4-9-3-10(6-11)7-12(15)5-9/h1-2,8-12,15H,3-7H2,(H,17,18)(H,19,20). The summed E-state index contributed by atoms with van der Waals surface area (Å²) < 4.78 is 0. The molecule has 4 bridgehead atoms. The smallest absolute Gasteiger partial charge is 0.354 e. The minimum Gasteiger partial charge on any atom is -0.477 e. The number of pyridine rings is 1. The topological polar surface area (TPSA) is 62.2 Å². The van der Waals surface area contributed by atoms with Crippen LogP contribution < -0.4 is 5.32 Å². The summed E-state index contributed by atoms with van der Waals surface area (Å²) >= 11 is 0. The van der Waals surface area contributed by atoms with Crippen LogP contribution in [0.25, 0.3) is 0 Å². The van der Waals surface area contributed by atoms with Crippen molar-refractivity contribution in [2.24, 2.45) is 23.7 Å². The van der Waals surface area contributed by atoms with E-state index in [0.717, 1.165) is 29.4 Å². The summed E-state index contributed by atoms with van der Waals surface area (Å²) in [7, 11) is 0. The highest BCUT2D eigenvalue weighted by molar-refractivity contribution is 5.86. The van der Waals surface area contributed by atoms with Crippen molar-refractivity contribution in [2.45, 2.75) is 38.1 Å². The van der Waals surface area contributed by atoms with Gasteiger partial charge in [0.25, 0.3) is 0 Å². The van der Waals surface area contributed by atoms with Gasteiger partial charge in [0, 0.05) is 17.9 Å². The molecular weight excluding hydrogens is 252 g/mol. The molecule has 0 amide bonds. The molecule has 0 aliphatic heterocycles. The summed E-state index contributed by atoms with van der Waals surface area (Å²) in [6, 6.07) is 4.08. The maximum Gasteiger partial charge on any atom is 0.354 e. The number of aromatic nitrogens is 1. The van der Waals surface area contributed by atoms with E-state index < -0.39 is 5.97 Å². The van der Waals surface area contributed by atoms with Crippen molar-refractivity contribution in [3.63, 3.8) is 0 Å². The van der Waals surface area contributed by atoms with Gasteiger partial charge in [0.05, 0.1) is 0 Å². The molecule has 106 valence electrons. The second kappa shape index (κ2) is 4.47. The van der Waals surface area contributed by atoms with Crippen LogP contribution in [0.3, 0.4) is 0 Å². The van der Waals surface area contributed by atoms with Crippen molar-refractivity contribution >= 4 is 11.7 Å². The zero-order valence-electron chi connectivity index (χ0n) is 11.5. The average molecular weight is 272 g/mol. The first kappa shape index (κ1) is 12.2. The van der Waals surface area contributed by atoms with Crippen molar-refractivity contribution in [1.82, 2.24) is 4.98 Å². The number of aromatic carboxylic acids is 1. The first-order valence-corrected chi connectivity index (χ1v) is 7.65. The molecule has 4 saturated carbocycles. The van der Waals surface area contributed by atoms with Crippen LogP contribution in [0.15, 0.2) is 18.3 Å². The van der Waals surface area contributed by atoms with E-state index in [9.17, 15) is 4.79 Å². The lowest BCUT2D eigenvalue weighted by Crippen LogP contribution is -2.51. The Balaban J connectivity index is 1.54. The molecule has 1 aromatic heterocycles. The minimum absolute atomic E-state index is 0.124. The molecule has 4 aliphatic rings. The zero-order valence-corrected chi connectivity index (χ0v) is 11.5. The lowest BCUT2D eigenvalue weighted by atomic mass is 9.54. The Morgan fingerprint density at radius 3 is 2.40 bits per heavy atom. The van der Waals surface area contributed by atoms with E-state index in [0.29, 0.717) is 6.04 Å². The monoisotopic (exact) mass is 272 g/mol. The zero-order chi connectivity index (χ0) is 13.7. The molecule has 2 N–H and O–H groups in total. The minimum atomic E-state index is -0.960. The highest BCUT2D eigenvalue weighted by Crippen LogP contribution is 2.54. The number of carboxylic acids is 1. The largest absolute Gasteiger partial charge is 0.477 e. The Morgan fingerprint density at radius 1 is 1.15 bits per heavy atom. The van der Waals surface area contributed by atoms with Crippen LogP contribution in [-0.4, -0.2) is 22.1 Å². The molecule has 0 atom stereocenters. The molecule has 4 heteroatoms. The molecule has 0 radical (unpaired) electrons. The van der Waals surface area contributed by atoms with E-state index in [4.69, 9.17) is 5.11 Å². The van der Waals surface area contributed by atoms with Gasteiger partial charge in [0.2, 0.25) is 0 Å². The van der Waals surface area contributed by atoms with Gasteiger partial charge in [-0.3, -0.25) is 0 Å². The van der Waals surface area contributed by atoms with E-state index in [1.807, 2.05) is 6.07 Å². The Morgan fingerprint density at radius 2 is 1.80 bits per heavy atom. The summed E-state index contributed by atoms with van der Waals surface area (Å²) in [5, 5.41) is 12.6. The maximum atomic E-state index is 11.0. The van der Waals surface area contributed by atoms with Gasteiger partial charge in [0.15, 0.2) is 0 Å². The number of rotatable bonds is 3. The lowest BCUT2D eigenvalue weighted by molar-refractivity contribution is 0.00754. The predicted molar refractivity (Wildman–Crippen MR) is 75.7 cm³/mol. The molecule has 20 heavy (non-hydrogen) atoms. The molecule has 0 spiro atoms. The van der Waals surface area contributed by atoms with E-state index >= 15 is 0 Å². The second-order valence-corrected chi connectivity index (χ2v) is 6.84. The van der Waals surface area contributed by atoms with Crippen LogP contribution in [0.4, 0.5) is 5.69 Å². The fourth-order valence-electron chi connectivity index (χ4n) is 4.99.